The van der Waals surface area contributed by atoms with Gasteiger partial charge in [-0.3, -0.25) is 4.79 Å². The monoisotopic (exact) mass is 272 g/mol. The van der Waals surface area contributed by atoms with E-state index in [-0.39, 0.29) is 5.43 Å². The zero-order valence-corrected chi connectivity index (χ0v) is 12.5. The van der Waals surface area contributed by atoms with Crippen LogP contribution in [0.4, 0.5) is 0 Å². The zero-order valence-electron chi connectivity index (χ0n) is 12.5. The number of likely N-dealkylation sites (N-methyl/N-ethyl adjacent to an activating group) is 1. The highest BCUT2D eigenvalue weighted by molar-refractivity contribution is 5.77. The third kappa shape index (κ3) is 3.17. The third-order valence-electron chi connectivity index (χ3n) is 3.49. The summed E-state index contributed by atoms with van der Waals surface area (Å²) in [4.78, 5) is 13.8. The molecule has 0 bridgehead atoms. The maximum Gasteiger partial charge on any atom is 0.201 e. The molecule has 1 unspecified atom stereocenters. The smallest absolute Gasteiger partial charge is 0.201 e. The molecule has 0 radical (unpaired) electrons. The Kier molecular flexibility index (Phi) is 4.40. The molecular weight excluding hydrogens is 250 g/mol. The first kappa shape index (κ1) is 14.5. The lowest BCUT2D eigenvalue weighted by Gasteiger charge is -2.17. The standard InChI is InChI=1S/C17H21NO2/c1-5-18(9-12(2)3)10-14-11-20-16-7-6-13(4)8-15(16)17(14)19/h6-8,11H,2,5,9-10H2,1,3-4H3/p+1. The summed E-state index contributed by atoms with van der Waals surface area (Å²) in [6, 6.07) is 5.71. The maximum absolute atomic E-state index is 12.5. The molecule has 1 atom stereocenters. The molecule has 20 heavy (non-hydrogen) atoms. The Bertz CT molecular complexity index is 685. The van der Waals surface area contributed by atoms with Crippen LogP contribution in [0.2, 0.25) is 0 Å². The summed E-state index contributed by atoms with van der Waals surface area (Å²) < 4.78 is 5.59. The molecule has 0 saturated heterocycles. The molecule has 0 spiro atoms. The van der Waals surface area contributed by atoms with Gasteiger partial charge in [0.2, 0.25) is 5.43 Å². The van der Waals surface area contributed by atoms with E-state index >= 15 is 0 Å². The van der Waals surface area contributed by atoms with Crippen LogP contribution < -0.4 is 10.3 Å². The van der Waals surface area contributed by atoms with E-state index in [1.165, 1.54) is 4.90 Å². The molecule has 3 nitrogen and oxygen atoms in total. The zero-order chi connectivity index (χ0) is 14.7. The minimum absolute atomic E-state index is 0.0858. The Morgan fingerprint density at radius 3 is 2.80 bits per heavy atom. The highest BCUT2D eigenvalue weighted by Crippen LogP contribution is 2.12. The van der Waals surface area contributed by atoms with Gasteiger partial charge in [-0.1, -0.05) is 18.2 Å². The predicted molar refractivity (Wildman–Crippen MR) is 82.1 cm³/mol. The van der Waals surface area contributed by atoms with Gasteiger partial charge in [-0.15, -0.1) is 0 Å². The van der Waals surface area contributed by atoms with Crippen molar-refractivity contribution in [1.29, 1.82) is 0 Å². The molecule has 1 N–H and O–H groups in total. The minimum Gasteiger partial charge on any atom is -0.464 e. The van der Waals surface area contributed by atoms with Gasteiger partial charge in [0, 0.05) is 0 Å². The molecule has 0 aliphatic heterocycles. The quantitative estimate of drug-likeness (QED) is 0.846. The first-order chi connectivity index (χ1) is 9.51. The number of hydrogen-bond acceptors (Lipinski definition) is 2. The van der Waals surface area contributed by atoms with Gasteiger partial charge in [0.1, 0.15) is 18.4 Å². The average Bonchev–Trinajstić information content (AvgIpc) is 2.41. The second-order valence-corrected chi connectivity index (χ2v) is 5.50. The summed E-state index contributed by atoms with van der Waals surface area (Å²) in [5.41, 5.74) is 3.68. The van der Waals surface area contributed by atoms with E-state index in [0.29, 0.717) is 17.5 Å². The van der Waals surface area contributed by atoms with Gasteiger partial charge in [0.05, 0.1) is 24.0 Å². The van der Waals surface area contributed by atoms with E-state index in [4.69, 9.17) is 4.42 Å². The Labute approximate surface area is 119 Å². The third-order valence-corrected chi connectivity index (χ3v) is 3.49. The number of hydrogen-bond donors (Lipinski definition) is 1. The highest BCUT2D eigenvalue weighted by Gasteiger charge is 2.13. The van der Waals surface area contributed by atoms with Crippen LogP contribution in [-0.2, 0) is 6.54 Å². The van der Waals surface area contributed by atoms with Crippen LogP contribution in [-0.4, -0.2) is 13.1 Å². The number of benzene rings is 1. The molecule has 2 rings (SSSR count). The predicted octanol–water partition coefficient (Wildman–Crippen LogP) is 2.08. The topological polar surface area (TPSA) is 34.7 Å². The van der Waals surface area contributed by atoms with Crippen LogP contribution in [0.1, 0.15) is 25.0 Å². The van der Waals surface area contributed by atoms with E-state index in [0.717, 1.165) is 29.8 Å². The number of rotatable bonds is 5. The van der Waals surface area contributed by atoms with Gasteiger partial charge in [-0.2, -0.15) is 0 Å². The lowest BCUT2D eigenvalue weighted by Crippen LogP contribution is -3.10. The first-order valence-electron chi connectivity index (χ1n) is 7.00. The Balaban J connectivity index is 2.37. The Hall–Kier alpha value is -1.87. The van der Waals surface area contributed by atoms with Crippen molar-refractivity contribution in [3.05, 3.63) is 58.0 Å². The van der Waals surface area contributed by atoms with Crippen LogP contribution in [0.3, 0.4) is 0 Å². The number of nitrogens with one attached hydrogen (secondary N) is 1. The lowest BCUT2D eigenvalue weighted by molar-refractivity contribution is -0.907. The van der Waals surface area contributed by atoms with Crippen molar-refractivity contribution in [2.24, 2.45) is 0 Å². The van der Waals surface area contributed by atoms with E-state index < -0.39 is 0 Å². The van der Waals surface area contributed by atoms with Gasteiger partial charge < -0.3 is 9.32 Å². The lowest BCUT2D eigenvalue weighted by atomic mass is 10.1. The molecule has 0 aliphatic rings. The summed E-state index contributed by atoms with van der Waals surface area (Å²) in [7, 11) is 0. The molecule has 0 saturated carbocycles. The van der Waals surface area contributed by atoms with Crippen LogP contribution in [0, 0.1) is 6.92 Å². The summed E-state index contributed by atoms with van der Waals surface area (Å²) >= 11 is 0. The Morgan fingerprint density at radius 2 is 2.15 bits per heavy atom. The van der Waals surface area contributed by atoms with Crippen LogP contribution in [0.15, 0.2) is 45.8 Å². The average molecular weight is 272 g/mol. The molecule has 1 aromatic heterocycles. The summed E-state index contributed by atoms with van der Waals surface area (Å²) in [5.74, 6) is 0. The van der Waals surface area contributed by atoms with E-state index in [1.807, 2.05) is 32.0 Å². The molecule has 3 heteroatoms. The van der Waals surface area contributed by atoms with Gasteiger partial charge >= 0.3 is 0 Å². The van der Waals surface area contributed by atoms with Crippen molar-refractivity contribution in [3.8, 4) is 0 Å². The number of fused-ring (bicyclic) bond motifs is 1. The normalized spacial score (nSPS) is 12.6. The van der Waals surface area contributed by atoms with Crippen molar-refractivity contribution in [2.45, 2.75) is 27.3 Å². The molecular formula is C17H22NO2+. The summed E-state index contributed by atoms with van der Waals surface area (Å²) in [6.45, 7) is 12.6. The summed E-state index contributed by atoms with van der Waals surface area (Å²) in [6.07, 6.45) is 1.61. The van der Waals surface area contributed by atoms with Gasteiger partial charge in [0.25, 0.3) is 0 Å². The maximum atomic E-state index is 12.5. The van der Waals surface area contributed by atoms with Crippen molar-refractivity contribution < 1.29 is 9.32 Å². The number of aryl methyl sites for hydroxylation is 1. The van der Waals surface area contributed by atoms with Crippen molar-refractivity contribution in [1.82, 2.24) is 0 Å². The molecule has 2 aromatic rings. The fourth-order valence-corrected chi connectivity index (χ4v) is 2.42. The van der Waals surface area contributed by atoms with Gasteiger partial charge in [-0.05, 0) is 38.5 Å². The van der Waals surface area contributed by atoms with E-state index in [1.54, 1.807) is 6.26 Å². The molecule has 0 aliphatic carbocycles. The van der Waals surface area contributed by atoms with Crippen molar-refractivity contribution >= 4 is 11.0 Å². The van der Waals surface area contributed by atoms with Gasteiger partial charge in [-0.25, -0.2) is 0 Å². The molecule has 1 heterocycles. The van der Waals surface area contributed by atoms with Gasteiger partial charge in [0.15, 0.2) is 0 Å². The molecule has 0 amide bonds. The molecule has 1 aromatic carbocycles. The fourth-order valence-electron chi connectivity index (χ4n) is 2.42. The van der Waals surface area contributed by atoms with Crippen molar-refractivity contribution in [2.75, 3.05) is 13.1 Å². The fraction of sp³-hybridized carbons (Fsp3) is 0.353. The van der Waals surface area contributed by atoms with Crippen LogP contribution in [0.25, 0.3) is 11.0 Å². The molecule has 106 valence electrons. The van der Waals surface area contributed by atoms with E-state index in [9.17, 15) is 4.79 Å². The summed E-state index contributed by atoms with van der Waals surface area (Å²) in [5, 5.41) is 0.674. The minimum atomic E-state index is 0.0858. The number of quaternary nitrogens is 1. The van der Waals surface area contributed by atoms with Crippen molar-refractivity contribution in [3.63, 3.8) is 0 Å². The van der Waals surface area contributed by atoms with Crippen LogP contribution >= 0.6 is 0 Å². The second-order valence-electron chi connectivity index (χ2n) is 5.50. The highest BCUT2D eigenvalue weighted by atomic mass is 16.3. The van der Waals surface area contributed by atoms with Crippen LogP contribution in [0.5, 0.6) is 0 Å². The van der Waals surface area contributed by atoms with E-state index in [2.05, 4.69) is 13.5 Å². The largest absolute Gasteiger partial charge is 0.464 e. The second kappa shape index (κ2) is 6.06. The SMILES string of the molecule is C=C(C)C[NH+](CC)Cc1coc2ccc(C)cc2c1=O. The first-order valence-corrected chi connectivity index (χ1v) is 7.00. The molecule has 0 fully saturated rings. The Morgan fingerprint density at radius 1 is 1.40 bits per heavy atom.